The molecule has 110 valence electrons. The molecule has 0 amide bonds. The van der Waals surface area contributed by atoms with Crippen LogP contribution in [0, 0.1) is 5.92 Å². The lowest BCUT2D eigenvalue weighted by atomic mass is 9.98. The smallest absolute Gasteiger partial charge is 0.304 e. The Morgan fingerprint density at radius 1 is 1.45 bits per heavy atom. The number of para-hydroxylation sites is 1. The summed E-state index contributed by atoms with van der Waals surface area (Å²) in [6, 6.07) is 8.09. The van der Waals surface area contributed by atoms with E-state index in [0.29, 0.717) is 12.5 Å². The predicted molar refractivity (Wildman–Crippen MR) is 79.3 cm³/mol. The van der Waals surface area contributed by atoms with Crippen LogP contribution in [0.5, 0.6) is 0 Å². The molecule has 0 radical (unpaired) electrons. The standard InChI is InChI=1S/C16H23NO3/c1-12(2)11-20-8-7-17-10-13(9-16(18)19)14-5-3-4-6-15(14)17/h3-6,12-13H,7-11H2,1-2H3,(H,18,19). The average Bonchev–Trinajstić information content (AvgIpc) is 2.73. The Kier molecular flexibility index (Phi) is 5.01. The summed E-state index contributed by atoms with van der Waals surface area (Å²) < 4.78 is 5.63. The second-order valence-corrected chi connectivity index (χ2v) is 5.77. The molecule has 0 saturated heterocycles. The number of ether oxygens (including phenoxy) is 1. The summed E-state index contributed by atoms with van der Waals surface area (Å²) in [5, 5.41) is 9.02. The molecule has 0 spiro atoms. The van der Waals surface area contributed by atoms with Crippen molar-refractivity contribution in [2.75, 3.05) is 31.2 Å². The second kappa shape index (κ2) is 6.75. The minimum Gasteiger partial charge on any atom is -0.481 e. The summed E-state index contributed by atoms with van der Waals surface area (Å²) in [5.74, 6) is -0.0999. The van der Waals surface area contributed by atoms with Gasteiger partial charge in [0.25, 0.3) is 0 Å². The molecule has 20 heavy (non-hydrogen) atoms. The lowest BCUT2D eigenvalue weighted by molar-refractivity contribution is -0.137. The Morgan fingerprint density at radius 2 is 2.20 bits per heavy atom. The maximum Gasteiger partial charge on any atom is 0.304 e. The van der Waals surface area contributed by atoms with Crippen molar-refractivity contribution in [2.45, 2.75) is 26.2 Å². The summed E-state index contributed by atoms with van der Waals surface area (Å²) in [5.41, 5.74) is 2.31. The van der Waals surface area contributed by atoms with Gasteiger partial charge in [-0.3, -0.25) is 4.79 Å². The van der Waals surface area contributed by atoms with Gasteiger partial charge in [-0.2, -0.15) is 0 Å². The van der Waals surface area contributed by atoms with Gasteiger partial charge in [-0.15, -0.1) is 0 Å². The van der Waals surface area contributed by atoms with E-state index in [1.165, 1.54) is 0 Å². The number of hydrogen-bond acceptors (Lipinski definition) is 3. The van der Waals surface area contributed by atoms with E-state index in [-0.39, 0.29) is 12.3 Å². The molecule has 1 aliphatic rings. The maximum atomic E-state index is 11.0. The molecule has 2 rings (SSSR count). The van der Waals surface area contributed by atoms with Crippen molar-refractivity contribution in [3.63, 3.8) is 0 Å². The van der Waals surface area contributed by atoms with E-state index in [1.54, 1.807) is 0 Å². The number of carbonyl (C=O) groups is 1. The first-order valence-electron chi connectivity index (χ1n) is 7.21. The Bertz CT molecular complexity index is 459. The zero-order valence-electron chi connectivity index (χ0n) is 12.2. The van der Waals surface area contributed by atoms with Gasteiger partial charge in [-0.1, -0.05) is 32.0 Å². The quantitative estimate of drug-likeness (QED) is 0.779. The molecule has 1 unspecified atom stereocenters. The number of hydrogen-bond donors (Lipinski definition) is 1. The van der Waals surface area contributed by atoms with Crippen molar-refractivity contribution in [2.24, 2.45) is 5.92 Å². The number of carboxylic acid groups (broad SMARTS) is 1. The van der Waals surface area contributed by atoms with Crippen molar-refractivity contribution in [1.82, 2.24) is 0 Å². The maximum absolute atomic E-state index is 11.0. The van der Waals surface area contributed by atoms with Crippen molar-refractivity contribution < 1.29 is 14.6 Å². The van der Waals surface area contributed by atoms with E-state index in [2.05, 4.69) is 24.8 Å². The first kappa shape index (κ1) is 14.9. The summed E-state index contributed by atoms with van der Waals surface area (Å²) in [7, 11) is 0. The molecule has 1 N–H and O–H groups in total. The normalized spacial score (nSPS) is 17.6. The van der Waals surface area contributed by atoms with Crippen LogP contribution in [-0.4, -0.2) is 37.4 Å². The van der Waals surface area contributed by atoms with E-state index in [4.69, 9.17) is 9.84 Å². The highest BCUT2D eigenvalue weighted by atomic mass is 16.5. The minimum atomic E-state index is -0.734. The van der Waals surface area contributed by atoms with E-state index in [0.717, 1.165) is 30.9 Å². The zero-order valence-corrected chi connectivity index (χ0v) is 12.2. The lowest BCUT2D eigenvalue weighted by Crippen LogP contribution is -2.27. The summed E-state index contributed by atoms with van der Waals surface area (Å²) >= 11 is 0. The van der Waals surface area contributed by atoms with Crippen molar-refractivity contribution in [1.29, 1.82) is 0 Å². The third-order valence-electron chi connectivity index (χ3n) is 3.54. The van der Waals surface area contributed by atoms with Crippen LogP contribution >= 0.6 is 0 Å². The first-order chi connectivity index (χ1) is 9.58. The highest BCUT2D eigenvalue weighted by Crippen LogP contribution is 2.37. The van der Waals surface area contributed by atoms with Crippen molar-refractivity contribution in [3.05, 3.63) is 29.8 Å². The molecule has 1 atom stereocenters. The molecule has 4 heteroatoms. The van der Waals surface area contributed by atoms with E-state index in [9.17, 15) is 4.79 Å². The SMILES string of the molecule is CC(C)COCCN1CC(CC(=O)O)c2ccccc21. The van der Waals surface area contributed by atoms with E-state index >= 15 is 0 Å². The van der Waals surface area contributed by atoms with Gasteiger partial charge in [0.1, 0.15) is 0 Å². The highest BCUT2D eigenvalue weighted by molar-refractivity contribution is 5.71. The van der Waals surface area contributed by atoms with Crippen LogP contribution in [0.4, 0.5) is 5.69 Å². The molecule has 1 heterocycles. The van der Waals surface area contributed by atoms with Crippen LogP contribution in [0.2, 0.25) is 0 Å². The Hall–Kier alpha value is -1.55. The van der Waals surface area contributed by atoms with Gasteiger partial charge in [0.2, 0.25) is 0 Å². The van der Waals surface area contributed by atoms with Gasteiger partial charge in [0.05, 0.1) is 13.0 Å². The van der Waals surface area contributed by atoms with Crippen LogP contribution in [0.15, 0.2) is 24.3 Å². The van der Waals surface area contributed by atoms with Gasteiger partial charge in [-0.05, 0) is 17.5 Å². The van der Waals surface area contributed by atoms with Gasteiger partial charge in [0, 0.05) is 31.3 Å². The van der Waals surface area contributed by atoms with Gasteiger partial charge < -0.3 is 14.7 Å². The van der Waals surface area contributed by atoms with Crippen LogP contribution in [0.25, 0.3) is 0 Å². The third-order valence-corrected chi connectivity index (χ3v) is 3.54. The number of nitrogens with zero attached hydrogens (tertiary/aromatic N) is 1. The van der Waals surface area contributed by atoms with Gasteiger partial charge in [-0.25, -0.2) is 0 Å². The topological polar surface area (TPSA) is 49.8 Å². The van der Waals surface area contributed by atoms with Gasteiger partial charge in [0.15, 0.2) is 0 Å². The fraction of sp³-hybridized carbons (Fsp3) is 0.562. The number of rotatable bonds is 7. The van der Waals surface area contributed by atoms with Crippen LogP contribution < -0.4 is 4.90 Å². The lowest BCUT2D eigenvalue weighted by Gasteiger charge is -2.20. The molecule has 1 aliphatic heterocycles. The van der Waals surface area contributed by atoms with Crippen LogP contribution in [0.1, 0.15) is 31.7 Å². The Labute approximate surface area is 120 Å². The molecule has 0 saturated carbocycles. The fourth-order valence-corrected chi connectivity index (χ4v) is 2.67. The minimum absolute atomic E-state index is 0.0915. The molecule has 0 bridgehead atoms. The molecule has 0 fully saturated rings. The predicted octanol–water partition coefficient (Wildman–Crippen LogP) is 2.74. The second-order valence-electron chi connectivity index (χ2n) is 5.77. The summed E-state index contributed by atoms with van der Waals surface area (Å²) in [6.45, 7) is 7.32. The van der Waals surface area contributed by atoms with E-state index in [1.807, 2.05) is 18.2 Å². The molecule has 0 aliphatic carbocycles. The largest absolute Gasteiger partial charge is 0.481 e. The first-order valence-corrected chi connectivity index (χ1v) is 7.21. The summed E-state index contributed by atoms with van der Waals surface area (Å²) in [4.78, 5) is 13.2. The molecule has 1 aromatic rings. The van der Waals surface area contributed by atoms with E-state index < -0.39 is 5.97 Å². The van der Waals surface area contributed by atoms with Crippen molar-refractivity contribution >= 4 is 11.7 Å². The average molecular weight is 277 g/mol. The number of carboxylic acids is 1. The zero-order chi connectivity index (χ0) is 14.5. The molecule has 4 nitrogen and oxygen atoms in total. The number of benzene rings is 1. The Balaban J connectivity index is 1.96. The van der Waals surface area contributed by atoms with Gasteiger partial charge >= 0.3 is 5.97 Å². The van der Waals surface area contributed by atoms with Crippen LogP contribution in [0.3, 0.4) is 0 Å². The monoisotopic (exact) mass is 277 g/mol. The number of anilines is 1. The highest BCUT2D eigenvalue weighted by Gasteiger charge is 2.29. The van der Waals surface area contributed by atoms with Crippen molar-refractivity contribution in [3.8, 4) is 0 Å². The number of fused-ring (bicyclic) bond motifs is 1. The van der Waals surface area contributed by atoms with Crippen LogP contribution in [-0.2, 0) is 9.53 Å². The Morgan fingerprint density at radius 3 is 2.90 bits per heavy atom. The molecular formula is C16H23NO3. The molecular weight excluding hydrogens is 254 g/mol. The molecule has 0 aromatic heterocycles. The number of aliphatic carboxylic acids is 1. The molecule has 1 aromatic carbocycles. The third kappa shape index (κ3) is 3.73. The summed E-state index contributed by atoms with van der Waals surface area (Å²) in [6.07, 6.45) is 0.195. The fourth-order valence-electron chi connectivity index (χ4n) is 2.67.